The fourth-order valence-electron chi connectivity index (χ4n) is 2.75. The molecule has 0 fully saturated rings. The molecule has 1 heterocycles. The van der Waals surface area contributed by atoms with Crippen LogP contribution in [-0.4, -0.2) is 18.5 Å². The van der Waals surface area contributed by atoms with Crippen LogP contribution in [0.4, 0.5) is 0 Å². The molecule has 0 aliphatic rings. The van der Waals surface area contributed by atoms with Gasteiger partial charge in [0.25, 0.3) is 5.91 Å². The number of aryl methyl sites for hydroxylation is 1. The molecule has 1 aromatic heterocycles. The molecule has 0 saturated heterocycles. The zero-order valence-electron chi connectivity index (χ0n) is 15.0. The molecular weight excluding hydrogens is 330 g/mol. The third kappa shape index (κ3) is 3.77. The Morgan fingerprint density at radius 3 is 2.65 bits per heavy atom. The number of fused-ring (bicyclic) bond motifs is 1. The summed E-state index contributed by atoms with van der Waals surface area (Å²) in [4.78, 5) is 24.3. The molecule has 0 spiro atoms. The van der Waals surface area contributed by atoms with Crippen LogP contribution >= 0.6 is 0 Å². The Bertz CT molecular complexity index is 925. The third-order valence-electron chi connectivity index (χ3n) is 4.41. The maximum Gasteiger partial charge on any atom is 0.338 e. The second-order valence-corrected chi connectivity index (χ2v) is 6.30. The van der Waals surface area contributed by atoms with Gasteiger partial charge in [0, 0.05) is 5.39 Å². The molecule has 1 atom stereocenters. The van der Waals surface area contributed by atoms with Gasteiger partial charge in [-0.05, 0) is 50.1 Å². The summed E-state index contributed by atoms with van der Waals surface area (Å²) >= 11 is 0. The van der Waals surface area contributed by atoms with E-state index < -0.39 is 5.97 Å². The number of rotatable bonds is 5. The zero-order valence-corrected chi connectivity index (χ0v) is 15.0. The lowest BCUT2D eigenvalue weighted by Crippen LogP contribution is -2.31. The van der Waals surface area contributed by atoms with Crippen LogP contribution in [0.3, 0.4) is 0 Å². The van der Waals surface area contributed by atoms with Crippen LogP contribution in [0.15, 0.2) is 52.9 Å². The summed E-state index contributed by atoms with van der Waals surface area (Å²) in [5, 5.41) is 3.76. The van der Waals surface area contributed by atoms with Gasteiger partial charge in [-0.1, -0.05) is 30.3 Å². The molecule has 0 unspecified atom stereocenters. The Kier molecular flexibility index (Phi) is 5.07. The van der Waals surface area contributed by atoms with Crippen molar-refractivity contribution in [1.82, 2.24) is 5.32 Å². The highest BCUT2D eigenvalue weighted by molar-refractivity contribution is 5.93. The van der Waals surface area contributed by atoms with Gasteiger partial charge in [-0.25, -0.2) is 4.79 Å². The van der Waals surface area contributed by atoms with Crippen LogP contribution in [0, 0.1) is 13.8 Å². The highest BCUT2D eigenvalue weighted by atomic mass is 16.5. The lowest BCUT2D eigenvalue weighted by atomic mass is 10.0. The standard InChI is InChI=1S/C21H21NO4/c1-13-7-6-9-17(14(13)2)21(24)25-12-20(23)22-15(3)19-11-16-8-4-5-10-18(16)26-19/h4-11,15H,12H2,1-3H3,(H,22,23)/t15-/m0/s1. The average Bonchev–Trinajstić information content (AvgIpc) is 3.06. The first kappa shape index (κ1) is 17.7. The van der Waals surface area contributed by atoms with E-state index in [4.69, 9.17) is 9.15 Å². The van der Waals surface area contributed by atoms with Crippen molar-refractivity contribution in [2.24, 2.45) is 0 Å². The maximum atomic E-state index is 12.2. The van der Waals surface area contributed by atoms with Crippen LogP contribution < -0.4 is 5.32 Å². The van der Waals surface area contributed by atoms with Crippen LogP contribution in [0.1, 0.15) is 40.2 Å². The van der Waals surface area contributed by atoms with E-state index >= 15 is 0 Å². The number of benzene rings is 2. The number of amides is 1. The molecule has 1 amide bonds. The number of ether oxygens (including phenoxy) is 1. The Morgan fingerprint density at radius 2 is 1.88 bits per heavy atom. The van der Waals surface area contributed by atoms with Gasteiger partial charge >= 0.3 is 5.97 Å². The number of furan rings is 1. The van der Waals surface area contributed by atoms with Crippen LogP contribution in [0.2, 0.25) is 0 Å². The summed E-state index contributed by atoms with van der Waals surface area (Å²) in [6.45, 7) is 5.27. The number of para-hydroxylation sites is 1. The third-order valence-corrected chi connectivity index (χ3v) is 4.41. The minimum absolute atomic E-state index is 0.325. The van der Waals surface area contributed by atoms with E-state index in [9.17, 15) is 9.59 Å². The summed E-state index contributed by atoms with van der Waals surface area (Å²) in [5.41, 5.74) is 3.10. The molecule has 0 aliphatic carbocycles. The number of hydrogen-bond donors (Lipinski definition) is 1. The van der Waals surface area contributed by atoms with E-state index in [0.717, 1.165) is 22.1 Å². The van der Waals surface area contributed by atoms with Crippen molar-refractivity contribution in [3.05, 3.63) is 71.0 Å². The lowest BCUT2D eigenvalue weighted by Gasteiger charge is -2.12. The smallest absolute Gasteiger partial charge is 0.338 e. The van der Waals surface area contributed by atoms with Gasteiger partial charge in [-0.3, -0.25) is 4.79 Å². The first-order valence-electron chi connectivity index (χ1n) is 8.47. The molecule has 0 radical (unpaired) electrons. The Morgan fingerprint density at radius 1 is 1.12 bits per heavy atom. The van der Waals surface area contributed by atoms with Gasteiger partial charge < -0.3 is 14.5 Å². The number of carbonyl (C=O) groups excluding carboxylic acids is 2. The molecular formula is C21H21NO4. The van der Waals surface area contributed by atoms with Gasteiger partial charge in [0.1, 0.15) is 11.3 Å². The molecule has 5 nitrogen and oxygen atoms in total. The lowest BCUT2D eigenvalue weighted by molar-refractivity contribution is -0.125. The normalized spacial score (nSPS) is 12.0. The van der Waals surface area contributed by atoms with Gasteiger partial charge in [0.05, 0.1) is 11.6 Å². The van der Waals surface area contributed by atoms with Crippen molar-refractivity contribution in [3.63, 3.8) is 0 Å². The second-order valence-electron chi connectivity index (χ2n) is 6.30. The van der Waals surface area contributed by atoms with Crippen molar-refractivity contribution in [3.8, 4) is 0 Å². The first-order valence-corrected chi connectivity index (χ1v) is 8.47. The van der Waals surface area contributed by atoms with Crippen molar-refractivity contribution < 1.29 is 18.7 Å². The minimum Gasteiger partial charge on any atom is -0.459 e. The maximum absolute atomic E-state index is 12.2. The van der Waals surface area contributed by atoms with Crippen LogP contribution in [-0.2, 0) is 9.53 Å². The predicted octanol–water partition coefficient (Wildman–Crippen LogP) is 4.08. The van der Waals surface area contributed by atoms with E-state index in [-0.39, 0.29) is 18.6 Å². The molecule has 26 heavy (non-hydrogen) atoms. The van der Waals surface area contributed by atoms with E-state index in [1.807, 2.05) is 57.2 Å². The highest BCUT2D eigenvalue weighted by Crippen LogP contribution is 2.23. The van der Waals surface area contributed by atoms with Crippen molar-refractivity contribution in [2.75, 3.05) is 6.61 Å². The highest BCUT2D eigenvalue weighted by Gasteiger charge is 2.17. The van der Waals surface area contributed by atoms with E-state index in [1.165, 1.54) is 0 Å². The van der Waals surface area contributed by atoms with Crippen LogP contribution in [0.25, 0.3) is 11.0 Å². The predicted molar refractivity (Wildman–Crippen MR) is 99.0 cm³/mol. The van der Waals surface area contributed by atoms with Gasteiger partial charge in [0.2, 0.25) is 0 Å². The summed E-state index contributed by atoms with van der Waals surface area (Å²) in [6.07, 6.45) is 0. The molecule has 0 saturated carbocycles. The second kappa shape index (κ2) is 7.44. The van der Waals surface area contributed by atoms with E-state index in [0.29, 0.717) is 11.3 Å². The van der Waals surface area contributed by atoms with Crippen molar-refractivity contribution in [1.29, 1.82) is 0 Å². The van der Waals surface area contributed by atoms with Crippen molar-refractivity contribution in [2.45, 2.75) is 26.8 Å². The van der Waals surface area contributed by atoms with Crippen molar-refractivity contribution >= 4 is 22.8 Å². The molecule has 0 aliphatic heterocycles. The first-order chi connectivity index (χ1) is 12.5. The monoisotopic (exact) mass is 351 g/mol. The quantitative estimate of drug-likeness (QED) is 0.703. The topological polar surface area (TPSA) is 68.5 Å². The number of hydrogen-bond acceptors (Lipinski definition) is 4. The fourth-order valence-corrected chi connectivity index (χ4v) is 2.75. The summed E-state index contributed by atoms with van der Waals surface area (Å²) in [7, 11) is 0. The molecule has 3 rings (SSSR count). The summed E-state index contributed by atoms with van der Waals surface area (Å²) < 4.78 is 10.9. The van der Waals surface area contributed by atoms with Gasteiger partial charge in [-0.15, -0.1) is 0 Å². The van der Waals surface area contributed by atoms with Gasteiger partial charge in [0.15, 0.2) is 6.61 Å². The SMILES string of the molecule is Cc1cccc(C(=O)OCC(=O)N[C@@H](C)c2cc3ccccc3o2)c1C. The minimum atomic E-state index is -0.502. The molecule has 5 heteroatoms. The largest absolute Gasteiger partial charge is 0.459 e. The molecule has 1 N–H and O–H groups in total. The molecule has 134 valence electrons. The summed E-state index contributed by atoms with van der Waals surface area (Å²) in [5.74, 6) is -0.227. The van der Waals surface area contributed by atoms with E-state index in [1.54, 1.807) is 12.1 Å². The molecule has 2 aromatic carbocycles. The van der Waals surface area contributed by atoms with Gasteiger partial charge in [-0.2, -0.15) is 0 Å². The fraction of sp³-hybridized carbons (Fsp3) is 0.238. The summed E-state index contributed by atoms with van der Waals surface area (Å²) in [6, 6.07) is 14.6. The average molecular weight is 351 g/mol. The number of carbonyl (C=O) groups is 2. The number of nitrogens with one attached hydrogen (secondary N) is 1. The Balaban J connectivity index is 1.58. The molecule has 0 bridgehead atoms. The Labute approximate surface area is 152 Å². The molecule has 3 aromatic rings. The number of esters is 1. The van der Waals surface area contributed by atoms with E-state index in [2.05, 4.69) is 5.32 Å². The Hall–Kier alpha value is -3.08. The zero-order chi connectivity index (χ0) is 18.7. The van der Waals surface area contributed by atoms with Crippen LogP contribution in [0.5, 0.6) is 0 Å².